The zero-order chi connectivity index (χ0) is 8.23. The molecule has 3 nitrogen and oxygen atoms in total. The Bertz CT molecular complexity index is 114. The van der Waals surface area contributed by atoms with Crippen LogP contribution in [0.5, 0.6) is 0 Å². The topological polar surface area (TPSA) is 31.0 Å². The molecule has 70 valence electrons. The molecule has 1 saturated carbocycles. The van der Waals surface area contributed by atoms with Crippen LogP contribution in [0.1, 0.15) is 12.8 Å². The molecule has 2 rings (SSSR count). The highest BCUT2D eigenvalue weighted by atomic mass is 16.6. The highest BCUT2D eigenvalue weighted by Crippen LogP contribution is 2.28. The Kier molecular flexibility index (Phi) is 2.98. The van der Waals surface area contributed by atoms with Crippen molar-refractivity contribution in [3.8, 4) is 0 Å². The van der Waals surface area contributed by atoms with Crippen LogP contribution >= 0.6 is 0 Å². The summed E-state index contributed by atoms with van der Waals surface area (Å²) < 4.78 is 15.7. The summed E-state index contributed by atoms with van der Waals surface area (Å²) in [5.41, 5.74) is 0. The fourth-order valence-electron chi connectivity index (χ4n) is 1.03. The minimum atomic E-state index is 0.383. The standard InChI is InChI=1S/C9H16O3/c1-2-8(1)5-10-3-4-11-6-9-7-12-9/h8-9H,1-7H2. The van der Waals surface area contributed by atoms with Crippen molar-refractivity contribution in [1.82, 2.24) is 0 Å². The summed E-state index contributed by atoms with van der Waals surface area (Å²) >= 11 is 0. The first-order chi connectivity index (χ1) is 5.95. The maximum atomic E-state index is 5.39. The average Bonchev–Trinajstić information content (AvgIpc) is 2.89. The third-order valence-electron chi connectivity index (χ3n) is 2.13. The van der Waals surface area contributed by atoms with E-state index in [2.05, 4.69) is 0 Å². The van der Waals surface area contributed by atoms with Crippen LogP contribution in [0, 0.1) is 5.92 Å². The van der Waals surface area contributed by atoms with Gasteiger partial charge >= 0.3 is 0 Å². The second-order valence-electron chi connectivity index (χ2n) is 3.55. The molecule has 0 aromatic heterocycles. The van der Waals surface area contributed by atoms with Crippen molar-refractivity contribution in [2.45, 2.75) is 18.9 Å². The predicted molar refractivity (Wildman–Crippen MR) is 44.1 cm³/mol. The third kappa shape index (κ3) is 3.52. The molecule has 0 N–H and O–H groups in total. The molecule has 1 aliphatic carbocycles. The molecule has 0 spiro atoms. The highest BCUT2D eigenvalue weighted by Gasteiger charge is 2.22. The van der Waals surface area contributed by atoms with Crippen LogP contribution < -0.4 is 0 Å². The van der Waals surface area contributed by atoms with Gasteiger partial charge in [-0.2, -0.15) is 0 Å². The van der Waals surface area contributed by atoms with Crippen LogP contribution in [0.25, 0.3) is 0 Å². The van der Waals surface area contributed by atoms with E-state index in [1.807, 2.05) is 0 Å². The largest absolute Gasteiger partial charge is 0.379 e. The van der Waals surface area contributed by atoms with E-state index in [9.17, 15) is 0 Å². The summed E-state index contributed by atoms with van der Waals surface area (Å²) in [6.07, 6.45) is 3.10. The van der Waals surface area contributed by atoms with Gasteiger partial charge in [0.15, 0.2) is 0 Å². The van der Waals surface area contributed by atoms with Crippen molar-refractivity contribution in [3.63, 3.8) is 0 Å². The van der Waals surface area contributed by atoms with Gasteiger partial charge in [-0.05, 0) is 18.8 Å². The van der Waals surface area contributed by atoms with Crippen molar-refractivity contribution in [1.29, 1.82) is 0 Å². The molecule has 0 bridgehead atoms. The van der Waals surface area contributed by atoms with E-state index < -0.39 is 0 Å². The normalized spacial score (nSPS) is 27.5. The lowest BCUT2D eigenvalue weighted by Crippen LogP contribution is -2.09. The molecular formula is C9H16O3. The highest BCUT2D eigenvalue weighted by molar-refractivity contribution is 4.71. The van der Waals surface area contributed by atoms with Gasteiger partial charge in [0.2, 0.25) is 0 Å². The second kappa shape index (κ2) is 4.21. The van der Waals surface area contributed by atoms with Crippen molar-refractivity contribution < 1.29 is 14.2 Å². The Hall–Kier alpha value is -0.120. The first-order valence-corrected chi connectivity index (χ1v) is 4.72. The molecule has 0 aromatic rings. The van der Waals surface area contributed by atoms with Gasteiger partial charge in [-0.3, -0.25) is 0 Å². The Balaban J connectivity index is 1.31. The quantitative estimate of drug-likeness (QED) is 0.421. The van der Waals surface area contributed by atoms with Crippen molar-refractivity contribution >= 4 is 0 Å². The molecule has 1 unspecified atom stereocenters. The van der Waals surface area contributed by atoms with E-state index in [0.29, 0.717) is 12.7 Å². The van der Waals surface area contributed by atoms with E-state index in [4.69, 9.17) is 14.2 Å². The SMILES string of the molecule is C(COCC1CO1)OCC1CC1. The predicted octanol–water partition coefficient (Wildman–Crippen LogP) is 0.828. The third-order valence-corrected chi connectivity index (χ3v) is 2.13. The van der Waals surface area contributed by atoms with Crippen LogP contribution in [0.4, 0.5) is 0 Å². The lowest BCUT2D eigenvalue weighted by Gasteiger charge is -2.02. The van der Waals surface area contributed by atoms with Crippen molar-refractivity contribution in [3.05, 3.63) is 0 Å². The molecule has 1 heterocycles. The monoisotopic (exact) mass is 172 g/mol. The lowest BCUT2D eigenvalue weighted by molar-refractivity contribution is 0.0382. The number of ether oxygens (including phenoxy) is 3. The maximum Gasteiger partial charge on any atom is 0.104 e. The van der Waals surface area contributed by atoms with Gasteiger partial charge in [0.1, 0.15) is 6.10 Å². The summed E-state index contributed by atoms with van der Waals surface area (Å²) in [6, 6.07) is 0. The van der Waals surface area contributed by atoms with Crippen molar-refractivity contribution in [2.24, 2.45) is 5.92 Å². The molecular weight excluding hydrogens is 156 g/mol. The van der Waals surface area contributed by atoms with Crippen molar-refractivity contribution in [2.75, 3.05) is 33.0 Å². The summed E-state index contributed by atoms with van der Waals surface area (Å²) in [5.74, 6) is 0.858. The molecule has 2 fully saturated rings. The van der Waals surface area contributed by atoms with Crippen LogP contribution in [-0.2, 0) is 14.2 Å². The number of epoxide rings is 1. The molecule has 1 aliphatic heterocycles. The van der Waals surface area contributed by atoms with Crippen LogP contribution in [0.2, 0.25) is 0 Å². The summed E-state index contributed by atoms with van der Waals surface area (Å²) in [6.45, 7) is 4.01. The Labute approximate surface area is 73.0 Å². The summed E-state index contributed by atoms with van der Waals surface area (Å²) in [4.78, 5) is 0. The number of rotatable bonds is 7. The Morgan fingerprint density at radius 1 is 1.08 bits per heavy atom. The summed E-state index contributed by atoms with van der Waals surface area (Å²) in [5, 5.41) is 0. The van der Waals surface area contributed by atoms with Gasteiger partial charge in [0, 0.05) is 6.61 Å². The average molecular weight is 172 g/mol. The zero-order valence-electron chi connectivity index (χ0n) is 7.33. The number of hydrogen-bond donors (Lipinski definition) is 0. The molecule has 0 amide bonds. The molecule has 2 aliphatic rings. The van der Waals surface area contributed by atoms with E-state index in [-0.39, 0.29) is 0 Å². The van der Waals surface area contributed by atoms with Gasteiger partial charge in [-0.15, -0.1) is 0 Å². The van der Waals surface area contributed by atoms with E-state index in [0.717, 1.165) is 32.3 Å². The zero-order valence-corrected chi connectivity index (χ0v) is 7.33. The lowest BCUT2D eigenvalue weighted by atomic mass is 10.5. The summed E-state index contributed by atoms with van der Waals surface area (Å²) in [7, 11) is 0. The Morgan fingerprint density at radius 2 is 1.75 bits per heavy atom. The van der Waals surface area contributed by atoms with Crippen LogP contribution in [0.15, 0.2) is 0 Å². The van der Waals surface area contributed by atoms with E-state index in [1.165, 1.54) is 12.8 Å². The van der Waals surface area contributed by atoms with Gasteiger partial charge in [0.25, 0.3) is 0 Å². The molecule has 0 aromatic carbocycles. The minimum Gasteiger partial charge on any atom is -0.379 e. The van der Waals surface area contributed by atoms with E-state index in [1.54, 1.807) is 0 Å². The second-order valence-corrected chi connectivity index (χ2v) is 3.55. The van der Waals surface area contributed by atoms with E-state index >= 15 is 0 Å². The minimum absolute atomic E-state index is 0.383. The molecule has 1 saturated heterocycles. The fraction of sp³-hybridized carbons (Fsp3) is 1.00. The van der Waals surface area contributed by atoms with Crippen LogP contribution in [-0.4, -0.2) is 39.1 Å². The maximum absolute atomic E-state index is 5.39. The first kappa shape index (κ1) is 8.48. The molecule has 1 atom stereocenters. The van der Waals surface area contributed by atoms with Gasteiger partial charge in [-0.25, -0.2) is 0 Å². The molecule has 0 radical (unpaired) electrons. The first-order valence-electron chi connectivity index (χ1n) is 4.72. The van der Waals surface area contributed by atoms with Gasteiger partial charge < -0.3 is 14.2 Å². The number of hydrogen-bond acceptors (Lipinski definition) is 3. The van der Waals surface area contributed by atoms with Gasteiger partial charge in [0.05, 0.1) is 26.4 Å². The van der Waals surface area contributed by atoms with Gasteiger partial charge in [-0.1, -0.05) is 0 Å². The molecule has 3 heteroatoms. The van der Waals surface area contributed by atoms with Crippen LogP contribution in [0.3, 0.4) is 0 Å². The Morgan fingerprint density at radius 3 is 2.33 bits per heavy atom. The fourth-order valence-corrected chi connectivity index (χ4v) is 1.03. The smallest absolute Gasteiger partial charge is 0.104 e. The molecule has 12 heavy (non-hydrogen) atoms.